The Bertz CT molecular complexity index is 908. The highest BCUT2D eigenvalue weighted by Gasteiger charge is 2.29. The van der Waals surface area contributed by atoms with Crippen LogP contribution in [0.2, 0.25) is 0 Å². The molecule has 2 unspecified atom stereocenters. The third-order valence-corrected chi connectivity index (χ3v) is 5.80. The van der Waals surface area contributed by atoms with E-state index in [1.807, 2.05) is 39.5 Å². The fourth-order valence-electron chi connectivity index (χ4n) is 3.29. The molecule has 7 nitrogen and oxygen atoms in total. The molecular weight excluding hydrogens is 352 g/mol. The lowest BCUT2D eigenvalue weighted by atomic mass is 10.1. The van der Waals surface area contributed by atoms with Gasteiger partial charge in [0.15, 0.2) is 0 Å². The Hall–Kier alpha value is -2.06. The number of rotatable bonds is 2. The number of hydrogen-bond donors (Lipinski definition) is 0. The van der Waals surface area contributed by atoms with Crippen molar-refractivity contribution in [2.45, 2.75) is 46.8 Å². The highest BCUT2D eigenvalue weighted by molar-refractivity contribution is 7.17. The summed E-state index contributed by atoms with van der Waals surface area (Å²) in [5, 5.41) is 4.78. The minimum Gasteiger partial charge on any atom is -0.372 e. The third kappa shape index (κ3) is 3.31. The molecule has 1 aliphatic rings. The molecule has 2 atom stereocenters. The van der Waals surface area contributed by atoms with Crippen molar-refractivity contribution in [3.8, 4) is 10.6 Å². The van der Waals surface area contributed by atoms with Crippen molar-refractivity contribution in [3.63, 3.8) is 0 Å². The van der Waals surface area contributed by atoms with E-state index in [4.69, 9.17) is 4.74 Å². The number of thiazole rings is 1. The van der Waals surface area contributed by atoms with Crippen LogP contribution in [-0.2, 0) is 11.8 Å². The first-order valence-corrected chi connectivity index (χ1v) is 9.47. The molecular formula is C18H24N4O3S. The quantitative estimate of drug-likeness (QED) is 0.802. The van der Waals surface area contributed by atoms with Crippen LogP contribution >= 0.6 is 11.3 Å². The number of aryl methyl sites for hydroxylation is 3. The maximum atomic E-state index is 13.0. The molecule has 140 valence electrons. The first-order valence-electron chi connectivity index (χ1n) is 8.66. The van der Waals surface area contributed by atoms with E-state index in [1.54, 1.807) is 7.05 Å². The maximum absolute atomic E-state index is 13.0. The zero-order chi connectivity index (χ0) is 19.2. The summed E-state index contributed by atoms with van der Waals surface area (Å²) in [6.07, 6.45) is 0.0144. The Kier molecular flexibility index (Phi) is 4.98. The zero-order valence-electron chi connectivity index (χ0n) is 16.0. The highest BCUT2D eigenvalue weighted by Crippen LogP contribution is 2.30. The molecule has 0 N–H and O–H groups in total. The number of morpholine rings is 1. The molecule has 1 saturated heterocycles. The summed E-state index contributed by atoms with van der Waals surface area (Å²) >= 11 is 1.28. The van der Waals surface area contributed by atoms with Gasteiger partial charge in [0.1, 0.15) is 9.88 Å². The molecule has 1 aliphatic heterocycles. The highest BCUT2D eigenvalue weighted by atomic mass is 32.1. The van der Waals surface area contributed by atoms with E-state index >= 15 is 0 Å². The SMILES string of the molecule is Cc1nc(-c2c(C)c(C)nn(C)c2=O)sc1C(=O)N1CC(C)OC(C)C1. The van der Waals surface area contributed by atoms with Crippen LogP contribution in [0, 0.1) is 20.8 Å². The molecule has 3 heterocycles. The summed E-state index contributed by atoms with van der Waals surface area (Å²) in [6, 6.07) is 0. The van der Waals surface area contributed by atoms with E-state index in [0.29, 0.717) is 34.2 Å². The monoisotopic (exact) mass is 376 g/mol. The summed E-state index contributed by atoms with van der Waals surface area (Å²) in [5.74, 6) is -0.0477. The molecule has 0 aromatic carbocycles. The molecule has 1 fully saturated rings. The van der Waals surface area contributed by atoms with Crippen molar-refractivity contribution in [3.05, 3.63) is 32.2 Å². The van der Waals surface area contributed by atoms with Crippen LogP contribution in [0.1, 0.15) is 40.5 Å². The van der Waals surface area contributed by atoms with Gasteiger partial charge in [0, 0.05) is 20.1 Å². The normalized spacial score (nSPS) is 20.5. The van der Waals surface area contributed by atoms with Gasteiger partial charge >= 0.3 is 0 Å². The minimum absolute atomic E-state index is 0.00721. The molecule has 3 rings (SSSR count). The average Bonchev–Trinajstić information content (AvgIpc) is 2.93. The largest absolute Gasteiger partial charge is 0.372 e. The second kappa shape index (κ2) is 6.92. The predicted molar refractivity (Wildman–Crippen MR) is 101 cm³/mol. The Morgan fingerprint density at radius 1 is 1.15 bits per heavy atom. The Balaban J connectivity index is 2.01. The fourth-order valence-corrected chi connectivity index (χ4v) is 4.42. The molecule has 26 heavy (non-hydrogen) atoms. The number of amides is 1. The second-order valence-electron chi connectivity index (χ2n) is 6.92. The molecule has 2 aromatic heterocycles. The van der Waals surface area contributed by atoms with Crippen molar-refractivity contribution in [2.24, 2.45) is 7.05 Å². The van der Waals surface area contributed by atoms with Crippen molar-refractivity contribution in [2.75, 3.05) is 13.1 Å². The van der Waals surface area contributed by atoms with Crippen molar-refractivity contribution >= 4 is 17.2 Å². The third-order valence-electron chi connectivity index (χ3n) is 4.64. The van der Waals surface area contributed by atoms with E-state index in [-0.39, 0.29) is 23.7 Å². The van der Waals surface area contributed by atoms with Crippen LogP contribution in [0.15, 0.2) is 4.79 Å². The van der Waals surface area contributed by atoms with Crippen LogP contribution in [0.5, 0.6) is 0 Å². The molecule has 0 aliphatic carbocycles. The van der Waals surface area contributed by atoms with Gasteiger partial charge in [-0.1, -0.05) is 0 Å². The van der Waals surface area contributed by atoms with Crippen LogP contribution in [0.3, 0.4) is 0 Å². The predicted octanol–water partition coefficient (Wildman–Crippen LogP) is 2.08. The first-order chi connectivity index (χ1) is 12.2. The van der Waals surface area contributed by atoms with E-state index in [0.717, 1.165) is 11.3 Å². The molecule has 0 bridgehead atoms. The molecule has 0 spiro atoms. The topological polar surface area (TPSA) is 77.3 Å². The van der Waals surface area contributed by atoms with E-state index < -0.39 is 0 Å². The van der Waals surface area contributed by atoms with Gasteiger partial charge in [-0.05, 0) is 40.2 Å². The van der Waals surface area contributed by atoms with Gasteiger partial charge in [-0.2, -0.15) is 5.10 Å². The summed E-state index contributed by atoms with van der Waals surface area (Å²) in [7, 11) is 1.63. The molecule has 8 heteroatoms. The number of aromatic nitrogens is 3. The smallest absolute Gasteiger partial charge is 0.277 e. The number of carbonyl (C=O) groups is 1. The number of carbonyl (C=O) groups excluding carboxylic acids is 1. The van der Waals surface area contributed by atoms with E-state index in [9.17, 15) is 9.59 Å². The van der Waals surface area contributed by atoms with Crippen LogP contribution < -0.4 is 5.56 Å². The minimum atomic E-state index is -0.200. The van der Waals surface area contributed by atoms with Gasteiger partial charge in [0.25, 0.3) is 11.5 Å². The standard InChI is InChI=1S/C18H24N4O3S/c1-9-7-22(8-10(2)25-9)18(24)15-13(5)19-16(26-15)14-11(3)12(4)20-21(6)17(14)23/h9-10H,7-8H2,1-6H3. The van der Waals surface area contributed by atoms with Crippen LogP contribution in [0.4, 0.5) is 0 Å². The summed E-state index contributed by atoms with van der Waals surface area (Å²) in [5.41, 5.74) is 2.55. The Morgan fingerprint density at radius 3 is 2.38 bits per heavy atom. The van der Waals surface area contributed by atoms with E-state index in [1.165, 1.54) is 16.0 Å². The lowest BCUT2D eigenvalue weighted by Crippen LogP contribution is -2.48. The molecule has 1 amide bonds. The summed E-state index contributed by atoms with van der Waals surface area (Å²) in [6.45, 7) is 10.6. The van der Waals surface area contributed by atoms with Crippen molar-refractivity contribution in [1.29, 1.82) is 0 Å². The van der Waals surface area contributed by atoms with Gasteiger partial charge in [0.05, 0.1) is 29.2 Å². The number of ether oxygens (including phenoxy) is 1. The van der Waals surface area contributed by atoms with Gasteiger partial charge in [-0.25, -0.2) is 9.67 Å². The van der Waals surface area contributed by atoms with Gasteiger partial charge in [0.2, 0.25) is 0 Å². The summed E-state index contributed by atoms with van der Waals surface area (Å²) < 4.78 is 7.03. The van der Waals surface area contributed by atoms with Crippen molar-refractivity contribution < 1.29 is 9.53 Å². The second-order valence-corrected chi connectivity index (χ2v) is 7.91. The number of hydrogen-bond acceptors (Lipinski definition) is 6. The fraction of sp³-hybridized carbons (Fsp3) is 0.556. The first kappa shape index (κ1) is 18.7. The Labute approximate surface area is 156 Å². The van der Waals surface area contributed by atoms with E-state index in [2.05, 4.69) is 10.1 Å². The maximum Gasteiger partial charge on any atom is 0.277 e. The average molecular weight is 376 g/mol. The number of nitrogens with zero attached hydrogens (tertiary/aromatic N) is 4. The zero-order valence-corrected chi connectivity index (χ0v) is 16.8. The lowest BCUT2D eigenvalue weighted by molar-refractivity contribution is -0.0585. The lowest BCUT2D eigenvalue weighted by Gasteiger charge is -2.35. The van der Waals surface area contributed by atoms with Crippen LogP contribution in [-0.4, -0.2) is 50.9 Å². The van der Waals surface area contributed by atoms with Gasteiger partial charge < -0.3 is 9.64 Å². The molecule has 0 radical (unpaired) electrons. The van der Waals surface area contributed by atoms with Crippen LogP contribution in [0.25, 0.3) is 10.6 Å². The van der Waals surface area contributed by atoms with Gasteiger partial charge in [-0.15, -0.1) is 11.3 Å². The molecule has 0 saturated carbocycles. The molecule has 2 aromatic rings. The summed E-state index contributed by atoms with van der Waals surface area (Å²) in [4.78, 5) is 32.5. The van der Waals surface area contributed by atoms with Gasteiger partial charge in [-0.3, -0.25) is 9.59 Å². The Morgan fingerprint density at radius 2 is 1.77 bits per heavy atom. The van der Waals surface area contributed by atoms with Crippen molar-refractivity contribution in [1.82, 2.24) is 19.7 Å².